The number of rotatable bonds is 4. The Labute approximate surface area is 178 Å². The summed E-state index contributed by atoms with van der Waals surface area (Å²) in [6, 6.07) is 8.72. The van der Waals surface area contributed by atoms with E-state index in [4.69, 9.17) is 0 Å². The van der Waals surface area contributed by atoms with Crippen molar-refractivity contribution in [1.82, 2.24) is 14.5 Å². The summed E-state index contributed by atoms with van der Waals surface area (Å²) in [5, 5.41) is 3.98. The van der Waals surface area contributed by atoms with Crippen LogP contribution in [0.25, 0.3) is 10.2 Å². The first kappa shape index (κ1) is 20.3. The molecule has 1 N–H and O–H groups in total. The van der Waals surface area contributed by atoms with Crippen molar-refractivity contribution in [2.45, 2.75) is 26.2 Å². The Kier molecular flexibility index (Phi) is 5.67. The van der Waals surface area contributed by atoms with Crippen LogP contribution in [0.3, 0.4) is 0 Å². The quantitative estimate of drug-likeness (QED) is 0.697. The Morgan fingerprint density at radius 1 is 1.27 bits per heavy atom. The molecule has 3 heterocycles. The molecule has 1 unspecified atom stereocenters. The van der Waals surface area contributed by atoms with Gasteiger partial charge >= 0.3 is 0 Å². The molecule has 8 heteroatoms. The number of carbonyl (C=O) groups is 2. The summed E-state index contributed by atoms with van der Waals surface area (Å²) >= 11 is 1.60. The van der Waals surface area contributed by atoms with Crippen molar-refractivity contribution >= 4 is 39.1 Å². The van der Waals surface area contributed by atoms with E-state index < -0.39 is 0 Å². The molecule has 0 aliphatic carbocycles. The number of aromatic nitrogens is 2. The Hall–Kier alpha value is -3.00. The van der Waals surface area contributed by atoms with Crippen molar-refractivity contribution in [3.63, 3.8) is 0 Å². The maximum absolute atomic E-state index is 12.8. The SMILES string of the molecule is Cc1nc2ccc(NC(=O)CC3CCCN(C(=O)c4ccc(=O)n(C)c4)C3)cc2s1. The zero-order valence-corrected chi connectivity index (χ0v) is 17.9. The first-order chi connectivity index (χ1) is 14.4. The molecule has 0 bridgehead atoms. The van der Waals surface area contributed by atoms with Crippen LogP contribution in [-0.2, 0) is 11.8 Å². The number of nitrogens with one attached hydrogen (secondary N) is 1. The van der Waals surface area contributed by atoms with E-state index in [2.05, 4.69) is 10.3 Å². The Morgan fingerprint density at radius 2 is 2.10 bits per heavy atom. The maximum Gasteiger partial charge on any atom is 0.255 e. The Balaban J connectivity index is 1.37. The van der Waals surface area contributed by atoms with Gasteiger partial charge in [-0.25, -0.2) is 4.98 Å². The minimum atomic E-state index is -0.147. The molecule has 156 valence electrons. The third kappa shape index (κ3) is 4.43. The number of fused-ring (bicyclic) bond motifs is 1. The van der Waals surface area contributed by atoms with Crippen molar-refractivity contribution < 1.29 is 9.59 Å². The van der Waals surface area contributed by atoms with Crippen LogP contribution in [0.15, 0.2) is 41.3 Å². The second kappa shape index (κ2) is 8.39. The molecule has 0 radical (unpaired) electrons. The Morgan fingerprint density at radius 3 is 2.90 bits per heavy atom. The molecule has 2 amide bonds. The molecule has 1 aliphatic rings. The number of likely N-dealkylation sites (tertiary alicyclic amines) is 1. The molecule has 2 aromatic heterocycles. The van der Waals surface area contributed by atoms with Gasteiger partial charge in [-0.2, -0.15) is 0 Å². The van der Waals surface area contributed by atoms with Gasteiger partial charge in [0.1, 0.15) is 0 Å². The average molecular weight is 425 g/mol. The number of benzene rings is 1. The summed E-state index contributed by atoms with van der Waals surface area (Å²) in [4.78, 5) is 43.2. The van der Waals surface area contributed by atoms with E-state index in [1.54, 1.807) is 35.5 Å². The number of hydrogen-bond donors (Lipinski definition) is 1. The lowest BCUT2D eigenvalue weighted by molar-refractivity contribution is -0.117. The highest BCUT2D eigenvalue weighted by Crippen LogP contribution is 2.26. The van der Waals surface area contributed by atoms with Gasteiger partial charge in [0.2, 0.25) is 11.5 Å². The first-order valence-electron chi connectivity index (χ1n) is 10.0. The first-order valence-corrected chi connectivity index (χ1v) is 10.8. The van der Waals surface area contributed by atoms with Gasteiger partial charge in [0.15, 0.2) is 0 Å². The number of nitrogens with zero attached hydrogens (tertiary/aromatic N) is 3. The van der Waals surface area contributed by atoms with Crippen molar-refractivity contribution in [1.29, 1.82) is 0 Å². The molecule has 1 atom stereocenters. The number of aryl methyl sites for hydroxylation is 2. The fourth-order valence-corrected chi connectivity index (χ4v) is 4.78. The highest BCUT2D eigenvalue weighted by molar-refractivity contribution is 7.18. The van der Waals surface area contributed by atoms with Crippen LogP contribution in [0.1, 0.15) is 34.6 Å². The van der Waals surface area contributed by atoms with E-state index in [-0.39, 0.29) is 23.3 Å². The summed E-state index contributed by atoms with van der Waals surface area (Å²) in [5.74, 6) is -0.0247. The van der Waals surface area contributed by atoms with Crippen LogP contribution in [0.4, 0.5) is 5.69 Å². The van der Waals surface area contributed by atoms with E-state index >= 15 is 0 Å². The molecule has 4 rings (SSSR count). The lowest BCUT2D eigenvalue weighted by Gasteiger charge is -2.32. The molecular weight excluding hydrogens is 400 g/mol. The molecule has 0 saturated carbocycles. The number of anilines is 1. The van der Waals surface area contributed by atoms with Gasteiger partial charge < -0.3 is 14.8 Å². The number of carbonyl (C=O) groups excluding carboxylic acids is 2. The summed E-state index contributed by atoms with van der Waals surface area (Å²) in [6.07, 6.45) is 3.72. The van der Waals surface area contributed by atoms with Crippen LogP contribution in [0.2, 0.25) is 0 Å². The van der Waals surface area contributed by atoms with Crippen LogP contribution in [-0.4, -0.2) is 39.4 Å². The zero-order chi connectivity index (χ0) is 21.3. The topological polar surface area (TPSA) is 84.3 Å². The lowest BCUT2D eigenvalue weighted by atomic mass is 9.94. The maximum atomic E-state index is 12.8. The molecule has 1 aliphatic heterocycles. The third-order valence-electron chi connectivity index (χ3n) is 5.39. The molecule has 3 aromatic rings. The predicted octanol–water partition coefficient (Wildman–Crippen LogP) is 3.18. The third-order valence-corrected chi connectivity index (χ3v) is 6.33. The fraction of sp³-hybridized carbons (Fsp3) is 0.364. The highest BCUT2D eigenvalue weighted by Gasteiger charge is 2.26. The van der Waals surface area contributed by atoms with Crippen LogP contribution in [0.5, 0.6) is 0 Å². The molecule has 7 nitrogen and oxygen atoms in total. The summed E-state index contributed by atoms with van der Waals surface area (Å²) in [6.45, 7) is 3.18. The largest absolute Gasteiger partial charge is 0.338 e. The van der Waals surface area contributed by atoms with E-state index in [9.17, 15) is 14.4 Å². The number of amides is 2. The molecule has 0 spiro atoms. The average Bonchev–Trinajstić information content (AvgIpc) is 3.09. The summed E-state index contributed by atoms with van der Waals surface area (Å²) in [7, 11) is 1.63. The highest BCUT2D eigenvalue weighted by atomic mass is 32.1. The summed E-state index contributed by atoms with van der Waals surface area (Å²) in [5.41, 5.74) is 2.06. The minimum absolute atomic E-state index is 0.0444. The second-order valence-corrected chi connectivity index (χ2v) is 9.03. The van der Waals surface area contributed by atoms with Gasteiger partial charge in [0.25, 0.3) is 5.91 Å². The summed E-state index contributed by atoms with van der Waals surface area (Å²) < 4.78 is 2.46. The van der Waals surface area contributed by atoms with Gasteiger partial charge in [-0.1, -0.05) is 0 Å². The number of thiazole rings is 1. The molecule has 1 fully saturated rings. The van der Waals surface area contributed by atoms with Gasteiger partial charge in [0, 0.05) is 44.5 Å². The van der Waals surface area contributed by atoms with Crippen molar-refractivity contribution in [2.24, 2.45) is 13.0 Å². The smallest absolute Gasteiger partial charge is 0.255 e. The fourth-order valence-electron chi connectivity index (χ4n) is 3.91. The van der Waals surface area contributed by atoms with Crippen molar-refractivity contribution in [3.8, 4) is 0 Å². The van der Waals surface area contributed by atoms with E-state index in [0.29, 0.717) is 25.1 Å². The number of piperidine rings is 1. The molecule has 1 saturated heterocycles. The number of hydrogen-bond acceptors (Lipinski definition) is 5. The van der Waals surface area contributed by atoms with E-state index in [1.165, 1.54) is 10.6 Å². The van der Waals surface area contributed by atoms with Gasteiger partial charge in [-0.05, 0) is 49.9 Å². The van der Waals surface area contributed by atoms with Crippen LogP contribution in [0, 0.1) is 12.8 Å². The zero-order valence-electron chi connectivity index (χ0n) is 17.1. The molecule has 30 heavy (non-hydrogen) atoms. The van der Waals surface area contributed by atoms with Gasteiger partial charge in [0.05, 0.1) is 20.8 Å². The van der Waals surface area contributed by atoms with Crippen LogP contribution < -0.4 is 10.9 Å². The minimum Gasteiger partial charge on any atom is -0.338 e. The van der Waals surface area contributed by atoms with Gasteiger partial charge in [-0.3, -0.25) is 14.4 Å². The number of pyridine rings is 1. The van der Waals surface area contributed by atoms with Gasteiger partial charge in [-0.15, -0.1) is 11.3 Å². The van der Waals surface area contributed by atoms with E-state index in [0.717, 1.165) is 33.8 Å². The lowest BCUT2D eigenvalue weighted by Crippen LogP contribution is -2.41. The van der Waals surface area contributed by atoms with E-state index in [1.807, 2.05) is 25.1 Å². The monoisotopic (exact) mass is 424 g/mol. The van der Waals surface area contributed by atoms with Crippen molar-refractivity contribution in [3.05, 3.63) is 57.5 Å². The van der Waals surface area contributed by atoms with Crippen molar-refractivity contribution in [2.75, 3.05) is 18.4 Å². The normalized spacial score (nSPS) is 16.6. The predicted molar refractivity (Wildman–Crippen MR) is 118 cm³/mol. The molecular formula is C22H24N4O3S. The standard InChI is InChI=1S/C22H24N4O3S/c1-14-23-18-7-6-17(11-19(18)30-14)24-20(27)10-15-4-3-9-26(12-15)22(29)16-5-8-21(28)25(2)13-16/h5-8,11,13,15H,3-4,9-10,12H2,1-2H3,(H,24,27). The van der Waals surface area contributed by atoms with Crippen LogP contribution >= 0.6 is 11.3 Å². The second-order valence-electron chi connectivity index (χ2n) is 7.79. The Bertz CT molecular complexity index is 1170. The molecule has 1 aromatic carbocycles.